The quantitative estimate of drug-likeness (QED) is 0.522. The maximum absolute atomic E-state index is 13.9. The van der Waals surface area contributed by atoms with E-state index in [1.165, 1.54) is 18.3 Å². The normalized spacial score (nSPS) is 10.8. The molecule has 0 radical (unpaired) electrons. The molecule has 3 aromatic rings. The van der Waals surface area contributed by atoms with Crippen molar-refractivity contribution >= 4 is 11.3 Å². The maximum Gasteiger partial charge on any atom is 0.272 e. The lowest BCUT2D eigenvalue weighted by Gasteiger charge is -2.03. The molecular formula is C12H7FN4O2. The van der Waals surface area contributed by atoms with E-state index in [-0.39, 0.29) is 11.3 Å². The lowest BCUT2D eigenvalue weighted by Crippen LogP contribution is -1.93. The highest BCUT2D eigenvalue weighted by molar-refractivity contribution is 5.65. The number of hydrogen-bond acceptors (Lipinski definition) is 4. The third-order valence-electron chi connectivity index (χ3n) is 2.76. The van der Waals surface area contributed by atoms with E-state index in [0.717, 1.165) is 6.07 Å². The van der Waals surface area contributed by atoms with Crippen LogP contribution in [0.3, 0.4) is 0 Å². The first-order valence-electron chi connectivity index (χ1n) is 5.38. The number of halogens is 1. The molecule has 19 heavy (non-hydrogen) atoms. The highest BCUT2D eigenvalue weighted by Gasteiger charge is 2.14. The van der Waals surface area contributed by atoms with Gasteiger partial charge in [-0.1, -0.05) is 0 Å². The van der Waals surface area contributed by atoms with Gasteiger partial charge in [-0.2, -0.15) is 0 Å². The molecule has 3 rings (SSSR count). The minimum Gasteiger partial charge on any atom is -0.297 e. The Labute approximate surface area is 106 Å². The Morgan fingerprint density at radius 3 is 2.89 bits per heavy atom. The van der Waals surface area contributed by atoms with E-state index in [1.54, 1.807) is 23.0 Å². The number of nitro groups is 1. The number of nitro benzene ring substituents is 1. The second-order valence-corrected chi connectivity index (χ2v) is 3.87. The number of nitrogens with zero attached hydrogens (tertiary/aromatic N) is 4. The van der Waals surface area contributed by atoms with E-state index in [4.69, 9.17) is 0 Å². The van der Waals surface area contributed by atoms with E-state index in [9.17, 15) is 14.5 Å². The van der Waals surface area contributed by atoms with Crippen LogP contribution in [0.5, 0.6) is 0 Å². The summed E-state index contributed by atoms with van der Waals surface area (Å²) in [5, 5.41) is 10.6. The van der Waals surface area contributed by atoms with Crippen molar-refractivity contribution in [2.24, 2.45) is 0 Å². The van der Waals surface area contributed by atoms with E-state index in [0.29, 0.717) is 11.3 Å². The molecule has 0 aliphatic carbocycles. The van der Waals surface area contributed by atoms with Gasteiger partial charge in [-0.25, -0.2) is 9.37 Å². The standard InChI is InChI=1S/C12H7FN4O2/c13-10-5-8(17(18)19)1-2-9(10)11-6-15-12-7-14-3-4-16(11)12/h1-7H. The minimum atomic E-state index is -0.659. The van der Waals surface area contributed by atoms with Crippen LogP contribution in [-0.4, -0.2) is 19.3 Å². The lowest BCUT2D eigenvalue weighted by atomic mass is 10.1. The number of hydrogen-bond donors (Lipinski definition) is 0. The second-order valence-electron chi connectivity index (χ2n) is 3.87. The van der Waals surface area contributed by atoms with Crippen LogP contribution in [0.15, 0.2) is 43.0 Å². The van der Waals surface area contributed by atoms with Crippen LogP contribution in [0.2, 0.25) is 0 Å². The number of aromatic nitrogens is 3. The van der Waals surface area contributed by atoms with Crippen molar-refractivity contribution in [3.05, 3.63) is 58.9 Å². The fraction of sp³-hybridized carbons (Fsp3) is 0. The van der Waals surface area contributed by atoms with Gasteiger partial charge in [0, 0.05) is 24.0 Å². The van der Waals surface area contributed by atoms with Crippen LogP contribution in [0.4, 0.5) is 10.1 Å². The number of fused-ring (bicyclic) bond motifs is 1. The van der Waals surface area contributed by atoms with Crippen molar-refractivity contribution in [1.82, 2.24) is 14.4 Å². The summed E-state index contributed by atoms with van der Waals surface area (Å²) in [7, 11) is 0. The van der Waals surface area contributed by atoms with E-state index >= 15 is 0 Å². The summed E-state index contributed by atoms with van der Waals surface area (Å²) in [6, 6.07) is 3.53. The van der Waals surface area contributed by atoms with E-state index in [2.05, 4.69) is 9.97 Å². The molecule has 0 spiro atoms. The predicted molar refractivity (Wildman–Crippen MR) is 65.0 cm³/mol. The Morgan fingerprint density at radius 2 is 2.16 bits per heavy atom. The average Bonchev–Trinajstić information content (AvgIpc) is 2.82. The van der Waals surface area contributed by atoms with Crippen LogP contribution >= 0.6 is 0 Å². The van der Waals surface area contributed by atoms with Gasteiger partial charge in [-0.3, -0.25) is 19.5 Å². The zero-order valence-corrected chi connectivity index (χ0v) is 9.52. The molecule has 0 amide bonds. The molecule has 0 saturated heterocycles. The zero-order valence-electron chi connectivity index (χ0n) is 9.52. The molecule has 6 nitrogen and oxygen atoms in total. The molecule has 0 aliphatic rings. The molecule has 0 atom stereocenters. The minimum absolute atomic E-state index is 0.254. The van der Waals surface area contributed by atoms with Crippen LogP contribution in [-0.2, 0) is 0 Å². The molecule has 0 saturated carbocycles. The van der Waals surface area contributed by atoms with Gasteiger partial charge in [0.05, 0.1) is 29.1 Å². The van der Waals surface area contributed by atoms with Gasteiger partial charge >= 0.3 is 0 Å². The molecule has 1 aromatic carbocycles. The summed E-state index contributed by atoms with van der Waals surface area (Å²) in [5.41, 5.74) is 1.07. The average molecular weight is 258 g/mol. The van der Waals surface area contributed by atoms with Crippen molar-refractivity contribution in [3.8, 4) is 11.3 Å². The molecule has 0 unspecified atom stereocenters. The van der Waals surface area contributed by atoms with E-state index in [1.807, 2.05) is 0 Å². The molecule has 0 fully saturated rings. The Balaban J connectivity index is 2.19. The predicted octanol–water partition coefficient (Wildman–Crippen LogP) is 2.44. The number of imidazole rings is 1. The first-order chi connectivity index (χ1) is 9.16. The number of benzene rings is 1. The Kier molecular flexibility index (Phi) is 2.45. The van der Waals surface area contributed by atoms with E-state index < -0.39 is 10.7 Å². The van der Waals surface area contributed by atoms with Crippen LogP contribution in [0.25, 0.3) is 16.9 Å². The van der Waals surface area contributed by atoms with Gasteiger partial charge in [0.1, 0.15) is 5.82 Å². The van der Waals surface area contributed by atoms with Gasteiger partial charge in [0.25, 0.3) is 5.69 Å². The van der Waals surface area contributed by atoms with Crippen molar-refractivity contribution in [2.45, 2.75) is 0 Å². The molecule has 94 valence electrons. The Hall–Kier alpha value is -2.83. The fourth-order valence-corrected chi connectivity index (χ4v) is 1.87. The highest BCUT2D eigenvalue weighted by Crippen LogP contribution is 2.26. The Bertz CT molecular complexity index is 784. The highest BCUT2D eigenvalue weighted by atomic mass is 19.1. The van der Waals surface area contributed by atoms with Crippen LogP contribution in [0.1, 0.15) is 0 Å². The zero-order chi connectivity index (χ0) is 13.4. The van der Waals surface area contributed by atoms with Gasteiger partial charge in [-0.15, -0.1) is 0 Å². The molecule has 0 N–H and O–H groups in total. The second kappa shape index (κ2) is 4.13. The number of non-ortho nitro benzene ring substituents is 1. The van der Waals surface area contributed by atoms with Crippen molar-refractivity contribution in [3.63, 3.8) is 0 Å². The van der Waals surface area contributed by atoms with Crippen LogP contribution in [0, 0.1) is 15.9 Å². The van der Waals surface area contributed by atoms with Gasteiger partial charge in [-0.05, 0) is 6.07 Å². The number of rotatable bonds is 2. The lowest BCUT2D eigenvalue weighted by molar-refractivity contribution is -0.385. The molecule has 7 heteroatoms. The van der Waals surface area contributed by atoms with Crippen molar-refractivity contribution in [2.75, 3.05) is 0 Å². The van der Waals surface area contributed by atoms with Gasteiger partial charge < -0.3 is 0 Å². The molecule has 2 heterocycles. The summed E-state index contributed by atoms with van der Waals surface area (Å²) in [6.07, 6.45) is 6.26. The summed E-state index contributed by atoms with van der Waals surface area (Å²) in [5.74, 6) is -0.659. The van der Waals surface area contributed by atoms with Crippen molar-refractivity contribution in [1.29, 1.82) is 0 Å². The summed E-state index contributed by atoms with van der Waals surface area (Å²) in [4.78, 5) is 17.9. The smallest absolute Gasteiger partial charge is 0.272 e. The van der Waals surface area contributed by atoms with Gasteiger partial charge in [0.15, 0.2) is 5.65 Å². The Morgan fingerprint density at radius 1 is 1.32 bits per heavy atom. The summed E-state index contributed by atoms with van der Waals surface area (Å²) < 4.78 is 15.6. The monoisotopic (exact) mass is 258 g/mol. The van der Waals surface area contributed by atoms with Crippen LogP contribution < -0.4 is 0 Å². The third-order valence-corrected chi connectivity index (χ3v) is 2.76. The topological polar surface area (TPSA) is 73.3 Å². The molecule has 0 bridgehead atoms. The maximum atomic E-state index is 13.9. The fourth-order valence-electron chi connectivity index (χ4n) is 1.87. The van der Waals surface area contributed by atoms with Crippen molar-refractivity contribution < 1.29 is 9.31 Å². The molecule has 2 aromatic heterocycles. The van der Waals surface area contributed by atoms with Gasteiger partial charge in [0.2, 0.25) is 0 Å². The molecule has 0 aliphatic heterocycles. The SMILES string of the molecule is O=[N+]([O-])c1ccc(-c2cnc3cnccn23)c(F)c1. The molecular weight excluding hydrogens is 251 g/mol. The summed E-state index contributed by atoms with van der Waals surface area (Å²) in [6.45, 7) is 0. The largest absolute Gasteiger partial charge is 0.297 e. The first kappa shape index (κ1) is 11.3. The first-order valence-corrected chi connectivity index (χ1v) is 5.38. The third kappa shape index (κ3) is 1.81. The summed E-state index contributed by atoms with van der Waals surface area (Å²) >= 11 is 0.